The third-order valence-electron chi connectivity index (χ3n) is 10.3. The van der Waals surface area contributed by atoms with Crippen molar-refractivity contribution < 1.29 is 24.3 Å². The van der Waals surface area contributed by atoms with Gasteiger partial charge in [-0.2, -0.15) is 0 Å². The highest BCUT2D eigenvalue weighted by atomic mass is 16.5. The monoisotopic (exact) mass is 646 g/mol. The van der Waals surface area contributed by atoms with Crippen LogP contribution in [-0.2, 0) is 4.79 Å². The SMILES string of the molecule is CC(C)[C@@H](C(=O)N1CC[C@@H](O)C1)c1cc(OCCN2CCC(N3C[C@@H]4CNc5nnc(-c6ccccc6O)cc5N4C[C@@H]3C)C2)no1. The summed E-state index contributed by atoms with van der Waals surface area (Å²) in [7, 11) is 0. The predicted molar refractivity (Wildman–Crippen MR) is 177 cm³/mol. The lowest BCUT2D eigenvalue weighted by atomic mass is 9.92. The molecule has 13 heteroatoms. The smallest absolute Gasteiger partial charge is 0.254 e. The lowest BCUT2D eigenvalue weighted by Gasteiger charge is -2.50. The molecular formula is C34H46N8O5. The number of aliphatic hydroxyl groups is 1. The van der Waals surface area contributed by atoms with Crippen molar-refractivity contribution in [1.82, 2.24) is 30.1 Å². The zero-order valence-corrected chi connectivity index (χ0v) is 27.5. The van der Waals surface area contributed by atoms with Crippen LogP contribution in [0.15, 0.2) is 40.9 Å². The number of nitrogens with zero attached hydrogens (tertiary/aromatic N) is 7. The van der Waals surface area contributed by atoms with Gasteiger partial charge in [-0.25, -0.2) is 0 Å². The molecule has 1 aromatic carbocycles. The molecule has 0 saturated carbocycles. The molecule has 3 aromatic rings. The number of benzene rings is 1. The van der Waals surface area contributed by atoms with Gasteiger partial charge in [-0.3, -0.25) is 14.6 Å². The van der Waals surface area contributed by atoms with Gasteiger partial charge in [0.05, 0.1) is 23.5 Å². The Labute approximate surface area is 275 Å². The number of hydrogen-bond donors (Lipinski definition) is 3. The molecule has 13 nitrogen and oxygen atoms in total. The number of carbonyl (C=O) groups is 1. The number of ether oxygens (including phenoxy) is 1. The number of anilines is 2. The first-order chi connectivity index (χ1) is 22.7. The number of β-amino-alcohol motifs (C(OH)–C–C–N with tert-alkyl or cyclic N) is 1. The summed E-state index contributed by atoms with van der Waals surface area (Å²) >= 11 is 0. The van der Waals surface area contributed by atoms with Crippen molar-refractivity contribution in [3.8, 4) is 22.9 Å². The van der Waals surface area contributed by atoms with Gasteiger partial charge in [-0.1, -0.05) is 26.0 Å². The second-order valence-corrected chi connectivity index (χ2v) is 13.8. The van der Waals surface area contributed by atoms with Crippen molar-refractivity contribution in [1.29, 1.82) is 0 Å². The first kappa shape index (κ1) is 31.6. The van der Waals surface area contributed by atoms with E-state index < -0.39 is 12.0 Å². The van der Waals surface area contributed by atoms with Crippen LogP contribution in [0.4, 0.5) is 11.5 Å². The van der Waals surface area contributed by atoms with E-state index in [2.05, 4.69) is 42.3 Å². The Morgan fingerprint density at radius 3 is 2.72 bits per heavy atom. The second kappa shape index (κ2) is 13.3. The van der Waals surface area contributed by atoms with Crippen molar-refractivity contribution in [3.63, 3.8) is 0 Å². The van der Waals surface area contributed by atoms with Crippen molar-refractivity contribution in [2.45, 2.75) is 63.8 Å². The van der Waals surface area contributed by atoms with Gasteiger partial charge in [-0.15, -0.1) is 10.2 Å². The standard InChI is InChI=1S/C34H46N8O5/c1-21(2)32(34(45)40-11-9-25(43)20-40)30-15-31(38-47-30)46-13-12-39-10-8-23(18-39)41-19-24-16-35-33-28(42(24)17-22(41)3)14-27(36-37-33)26-6-4-5-7-29(26)44/h4-7,14-15,21-25,32,43-44H,8-13,16-20H2,1-3H3,(H,35,37)/t22-,23?,24-,25+,32+/m0/s1. The molecule has 252 valence electrons. The van der Waals surface area contributed by atoms with Crippen LogP contribution in [0.2, 0.25) is 0 Å². The average molecular weight is 647 g/mol. The number of likely N-dealkylation sites (tertiary alicyclic amines) is 2. The first-order valence-corrected chi connectivity index (χ1v) is 17.0. The number of phenols is 1. The number of nitrogens with one attached hydrogen (secondary N) is 1. The minimum absolute atomic E-state index is 0.0286. The number of piperazine rings is 1. The zero-order valence-electron chi connectivity index (χ0n) is 27.5. The van der Waals surface area contributed by atoms with Gasteiger partial charge in [0, 0.05) is 69.5 Å². The molecule has 4 aliphatic heterocycles. The topological polar surface area (TPSA) is 144 Å². The maximum Gasteiger partial charge on any atom is 0.254 e. The van der Waals surface area contributed by atoms with Gasteiger partial charge in [0.1, 0.15) is 18.3 Å². The highest BCUT2D eigenvalue weighted by Crippen LogP contribution is 2.38. The van der Waals surface area contributed by atoms with Crippen molar-refractivity contribution in [3.05, 3.63) is 42.2 Å². The Bertz CT molecular complexity index is 1570. The van der Waals surface area contributed by atoms with Crippen LogP contribution in [-0.4, -0.2) is 129 Å². The van der Waals surface area contributed by atoms with E-state index in [0.29, 0.717) is 67.1 Å². The number of fused-ring (bicyclic) bond motifs is 3. The highest BCUT2D eigenvalue weighted by Gasteiger charge is 2.40. The van der Waals surface area contributed by atoms with Gasteiger partial charge < -0.3 is 34.6 Å². The minimum Gasteiger partial charge on any atom is -0.507 e. The number of carbonyl (C=O) groups excluding carboxylic acids is 1. The third-order valence-corrected chi connectivity index (χ3v) is 10.3. The molecule has 3 fully saturated rings. The van der Waals surface area contributed by atoms with Crippen molar-refractivity contribution in [2.24, 2.45) is 5.92 Å². The van der Waals surface area contributed by atoms with E-state index in [1.54, 1.807) is 17.0 Å². The number of rotatable bonds is 9. The number of para-hydroxylation sites is 1. The quantitative estimate of drug-likeness (QED) is 0.315. The number of hydrogen-bond acceptors (Lipinski definition) is 12. The van der Waals surface area contributed by atoms with Gasteiger partial charge in [0.2, 0.25) is 5.91 Å². The fraction of sp³-hybridized carbons (Fsp3) is 0.588. The summed E-state index contributed by atoms with van der Waals surface area (Å²) in [6.07, 6.45) is 1.26. The second-order valence-electron chi connectivity index (χ2n) is 13.8. The van der Waals surface area contributed by atoms with Crippen LogP contribution in [0.25, 0.3) is 11.3 Å². The Morgan fingerprint density at radius 2 is 1.94 bits per heavy atom. The molecule has 4 aliphatic rings. The van der Waals surface area contributed by atoms with Gasteiger partial charge >= 0.3 is 0 Å². The summed E-state index contributed by atoms with van der Waals surface area (Å²) in [5.74, 6) is 1.46. The van der Waals surface area contributed by atoms with E-state index in [-0.39, 0.29) is 17.6 Å². The summed E-state index contributed by atoms with van der Waals surface area (Å²) < 4.78 is 11.6. The molecule has 0 aliphatic carbocycles. The van der Waals surface area contributed by atoms with Crippen LogP contribution >= 0.6 is 0 Å². The normalized spacial score (nSPS) is 25.5. The molecule has 1 amide bonds. The summed E-state index contributed by atoms with van der Waals surface area (Å²) in [6.45, 7) is 13.2. The van der Waals surface area contributed by atoms with Gasteiger partial charge in [0.25, 0.3) is 5.88 Å². The molecule has 6 heterocycles. The van der Waals surface area contributed by atoms with E-state index in [0.717, 1.165) is 57.2 Å². The fourth-order valence-corrected chi connectivity index (χ4v) is 7.73. The molecule has 0 radical (unpaired) electrons. The van der Waals surface area contributed by atoms with Crippen LogP contribution < -0.4 is 15.0 Å². The number of aliphatic hydroxyl groups excluding tert-OH is 1. The Morgan fingerprint density at radius 1 is 1.09 bits per heavy atom. The van der Waals surface area contributed by atoms with Crippen LogP contribution in [0.1, 0.15) is 45.3 Å². The molecule has 7 rings (SSSR count). The Hall–Kier alpha value is -3.94. The molecular weight excluding hydrogens is 600 g/mol. The number of amides is 1. The van der Waals surface area contributed by atoms with Crippen LogP contribution in [0, 0.1) is 5.92 Å². The number of phenolic OH excluding ortho intramolecular Hbond substituents is 1. The lowest BCUT2D eigenvalue weighted by molar-refractivity contribution is -0.133. The Balaban J connectivity index is 0.920. The molecule has 3 N–H and O–H groups in total. The number of aromatic nitrogens is 3. The molecule has 5 atom stereocenters. The van der Waals surface area contributed by atoms with Crippen LogP contribution in [0.3, 0.4) is 0 Å². The summed E-state index contributed by atoms with van der Waals surface area (Å²) in [6, 6.07) is 12.2. The van der Waals surface area contributed by atoms with E-state index in [1.165, 1.54) is 0 Å². The van der Waals surface area contributed by atoms with Gasteiger partial charge in [-0.05, 0) is 55.6 Å². The maximum absolute atomic E-state index is 13.2. The minimum atomic E-state index is -0.457. The largest absolute Gasteiger partial charge is 0.507 e. The van der Waals surface area contributed by atoms with E-state index >= 15 is 0 Å². The van der Waals surface area contributed by atoms with Crippen molar-refractivity contribution >= 4 is 17.4 Å². The first-order valence-electron chi connectivity index (χ1n) is 17.0. The fourth-order valence-electron chi connectivity index (χ4n) is 7.73. The van der Waals surface area contributed by atoms with E-state index in [4.69, 9.17) is 9.26 Å². The maximum atomic E-state index is 13.2. The Kier molecular flexibility index (Phi) is 8.95. The van der Waals surface area contributed by atoms with Crippen molar-refractivity contribution in [2.75, 3.05) is 69.2 Å². The van der Waals surface area contributed by atoms with E-state index in [1.807, 2.05) is 38.1 Å². The van der Waals surface area contributed by atoms with E-state index in [9.17, 15) is 15.0 Å². The molecule has 3 saturated heterocycles. The molecule has 47 heavy (non-hydrogen) atoms. The predicted octanol–water partition coefficient (Wildman–Crippen LogP) is 2.63. The zero-order chi connectivity index (χ0) is 32.7. The molecule has 1 unspecified atom stereocenters. The highest BCUT2D eigenvalue weighted by molar-refractivity contribution is 5.83. The summed E-state index contributed by atoms with van der Waals surface area (Å²) in [5.41, 5.74) is 2.40. The lowest BCUT2D eigenvalue weighted by Crippen LogP contribution is -2.63. The molecule has 2 aromatic heterocycles. The average Bonchev–Trinajstić information content (AvgIpc) is 3.83. The number of aromatic hydroxyl groups is 1. The van der Waals surface area contributed by atoms with Gasteiger partial charge in [0.15, 0.2) is 11.6 Å². The third kappa shape index (κ3) is 6.48. The molecule has 0 bridgehead atoms. The molecule has 0 spiro atoms. The summed E-state index contributed by atoms with van der Waals surface area (Å²) in [5, 5.41) is 36.7. The van der Waals surface area contributed by atoms with Crippen LogP contribution in [0.5, 0.6) is 11.6 Å². The summed E-state index contributed by atoms with van der Waals surface area (Å²) in [4.78, 5) is 22.5.